The molecule has 0 aromatic heterocycles. The van der Waals surface area contributed by atoms with Gasteiger partial charge in [-0.15, -0.1) is 0 Å². The summed E-state index contributed by atoms with van der Waals surface area (Å²) in [5.41, 5.74) is 5.96. The summed E-state index contributed by atoms with van der Waals surface area (Å²) in [4.78, 5) is 13.8. The summed E-state index contributed by atoms with van der Waals surface area (Å²) in [7, 11) is 3.58. The normalized spacial score (nSPS) is 10.7. The quantitative estimate of drug-likeness (QED) is 0.716. The van der Waals surface area contributed by atoms with Crippen LogP contribution in [0.2, 0.25) is 0 Å². The summed E-state index contributed by atoms with van der Waals surface area (Å²) < 4.78 is 18.0. The number of halogens is 1. The number of nitrogens with one attached hydrogen (secondary N) is 1. The van der Waals surface area contributed by atoms with Gasteiger partial charge in [-0.25, -0.2) is 4.39 Å². The highest BCUT2D eigenvalue weighted by atomic mass is 19.1. The van der Waals surface area contributed by atoms with Crippen molar-refractivity contribution in [3.8, 4) is 0 Å². The topological polar surface area (TPSA) is 67.6 Å². The summed E-state index contributed by atoms with van der Waals surface area (Å²) in [6, 6.07) is 3.79. The Morgan fingerprint density at radius 1 is 1.42 bits per heavy atom. The number of hydrogen-bond donors (Lipinski definition) is 2. The molecule has 0 spiro atoms. The molecule has 0 aliphatic rings. The molecule has 0 unspecified atom stereocenters. The fourth-order valence-corrected chi connectivity index (χ4v) is 1.56. The molecular weight excluding hydrogens is 249 g/mol. The molecule has 0 fully saturated rings. The molecule has 0 bridgehead atoms. The minimum Gasteiger partial charge on any atom is -0.399 e. The second kappa shape index (κ2) is 7.70. The molecule has 106 valence electrons. The SMILES string of the molecule is COCCN(C)CCNC(=O)c1cc(N)cc(F)c1. The van der Waals surface area contributed by atoms with Gasteiger partial charge in [0.1, 0.15) is 5.82 Å². The number of benzene rings is 1. The molecule has 0 atom stereocenters. The fourth-order valence-electron chi connectivity index (χ4n) is 1.56. The van der Waals surface area contributed by atoms with E-state index in [9.17, 15) is 9.18 Å². The second-order valence-corrected chi connectivity index (χ2v) is 4.33. The molecule has 6 heteroatoms. The lowest BCUT2D eigenvalue weighted by Gasteiger charge is -2.16. The molecule has 19 heavy (non-hydrogen) atoms. The molecule has 1 aromatic carbocycles. The number of anilines is 1. The Bertz CT molecular complexity index is 406. The minimum absolute atomic E-state index is 0.233. The van der Waals surface area contributed by atoms with Gasteiger partial charge in [0.2, 0.25) is 0 Å². The summed E-state index contributed by atoms with van der Waals surface area (Å²) in [6.45, 7) is 2.61. The molecule has 0 aliphatic heterocycles. The van der Waals surface area contributed by atoms with Crippen molar-refractivity contribution in [1.29, 1.82) is 0 Å². The minimum atomic E-state index is -0.512. The maximum absolute atomic E-state index is 13.1. The summed E-state index contributed by atoms with van der Waals surface area (Å²) >= 11 is 0. The van der Waals surface area contributed by atoms with Gasteiger partial charge in [-0.2, -0.15) is 0 Å². The van der Waals surface area contributed by atoms with E-state index in [1.807, 2.05) is 11.9 Å². The molecule has 1 aromatic rings. The van der Waals surface area contributed by atoms with E-state index in [0.29, 0.717) is 19.7 Å². The summed E-state index contributed by atoms with van der Waals surface area (Å²) in [5.74, 6) is -0.839. The molecule has 3 N–H and O–H groups in total. The van der Waals surface area contributed by atoms with E-state index >= 15 is 0 Å². The molecule has 0 radical (unpaired) electrons. The van der Waals surface area contributed by atoms with Crippen LogP contribution < -0.4 is 11.1 Å². The van der Waals surface area contributed by atoms with Gasteiger partial charge in [-0.3, -0.25) is 4.79 Å². The lowest BCUT2D eigenvalue weighted by molar-refractivity contribution is 0.0947. The highest BCUT2D eigenvalue weighted by Crippen LogP contribution is 2.10. The van der Waals surface area contributed by atoms with Crippen LogP contribution in [-0.2, 0) is 4.74 Å². The smallest absolute Gasteiger partial charge is 0.251 e. The van der Waals surface area contributed by atoms with E-state index in [-0.39, 0.29) is 17.2 Å². The van der Waals surface area contributed by atoms with Crippen molar-refractivity contribution < 1.29 is 13.9 Å². The van der Waals surface area contributed by atoms with Gasteiger partial charge in [0.25, 0.3) is 5.91 Å². The maximum Gasteiger partial charge on any atom is 0.251 e. The molecule has 5 nitrogen and oxygen atoms in total. The van der Waals surface area contributed by atoms with Crippen molar-refractivity contribution in [3.05, 3.63) is 29.6 Å². The lowest BCUT2D eigenvalue weighted by Crippen LogP contribution is -2.34. The summed E-state index contributed by atoms with van der Waals surface area (Å²) in [6.07, 6.45) is 0. The zero-order valence-electron chi connectivity index (χ0n) is 11.3. The van der Waals surface area contributed by atoms with Crippen molar-refractivity contribution in [2.75, 3.05) is 46.1 Å². The third-order valence-electron chi connectivity index (χ3n) is 2.64. The highest BCUT2D eigenvalue weighted by molar-refractivity contribution is 5.95. The molecule has 0 saturated heterocycles. The van der Waals surface area contributed by atoms with Crippen molar-refractivity contribution in [2.24, 2.45) is 0 Å². The first-order valence-corrected chi connectivity index (χ1v) is 6.04. The first kappa shape index (κ1) is 15.4. The highest BCUT2D eigenvalue weighted by Gasteiger charge is 2.08. The molecular formula is C13H20FN3O2. The number of ether oxygens (including phenoxy) is 1. The van der Waals surface area contributed by atoms with E-state index in [2.05, 4.69) is 5.32 Å². The predicted molar refractivity (Wildman–Crippen MR) is 72.5 cm³/mol. The standard InChI is InChI=1S/C13H20FN3O2/c1-17(5-6-19-2)4-3-16-13(18)10-7-11(14)9-12(15)8-10/h7-9H,3-6,15H2,1-2H3,(H,16,18). The monoisotopic (exact) mass is 269 g/mol. The zero-order valence-corrected chi connectivity index (χ0v) is 11.3. The van der Waals surface area contributed by atoms with Crippen LogP contribution in [-0.4, -0.2) is 51.2 Å². The Morgan fingerprint density at radius 2 is 2.16 bits per heavy atom. The van der Waals surface area contributed by atoms with Crippen molar-refractivity contribution in [3.63, 3.8) is 0 Å². The number of methoxy groups -OCH3 is 1. The van der Waals surface area contributed by atoms with E-state index in [1.165, 1.54) is 18.2 Å². The molecule has 0 aliphatic carbocycles. The number of likely N-dealkylation sites (N-methyl/N-ethyl adjacent to an activating group) is 1. The van der Waals surface area contributed by atoms with Crippen LogP contribution in [0.3, 0.4) is 0 Å². The number of nitrogens with zero attached hydrogens (tertiary/aromatic N) is 1. The van der Waals surface area contributed by atoms with E-state index in [1.54, 1.807) is 7.11 Å². The Morgan fingerprint density at radius 3 is 2.79 bits per heavy atom. The van der Waals surface area contributed by atoms with Gasteiger partial charge in [0, 0.05) is 38.0 Å². The van der Waals surface area contributed by atoms with Gasteiger partial charge in [0.15, 0.2) is 0 Å². The van der Waals surface area contributed by atoms with Crippen molar-refractivity contribution in [1.82, 2.24) is 10.2 Å². The van der Waals surface area contributed by atoms with Gasteiger partial charge in [-0.1, -0.05) is 0 Å². The number of carbonyl (C=O) groups excluding carboxylic acids is 1. The van der Waals surface area contributed by atoms with Crippen LogP contribution in [0.5, 0.6) is 0 Å². The van der Waals surface area contributed by atoms with Gasteiger partial charge < -0.3 is 20.7 Å². The fraction of sp³-hybridized carbons (Fsp3) is 0.462. The summed E-state index contributed by atoms with van der Waals surface area (Å²) in [5, 5.41) is 2.72. The zero-order chi connectivity index (χ0) is 14.3. The van der Waals surface area contributed by atoms with Crippen LogP contribution in [0.15, 0.2) is 18.2 Å². The first-order valence-electron chi connectivity index (χ1n) is 6.04. The average molecular weight is 269 g/mol. The molecule has 1 rings (SSSR count). The number of amides is 1. The van der Waals surface area contributed by atoms with Crippen LogP contribution >= 0.6 is 0 Å². The Labute approximate surface area is 112 Å². The number of hydrogen-bond acceptors (Lipinski definition) is 4. The van der Waals surface area contributed by atoms with E-state index < -0.39 is 5.82 Å². The Hall–Kier alpha value is -1.66. The number of nitrogens with two attached hydrogens (primary N) is 1. The second-order valence-electron chi connectivity index (χ2n) is 4.33. The third kappa shape index (κ3) is 5.67. The van der Waals surface area contributed by atoms with Crippen LogP contribution in [0.25, 0.3) is 0 Å². The number of carbonyl (C=O) groups is 1. The van der Waals surface area contributed by atoms with Gasteiger partial charge in [0.05, 0.1) is 6.61 Å². The molecule has 0 heterocycles. The van der Waals surface area contributed by atoms with Crippen LogP contribution in [0.4, 0.5) is 10.1 Å². The lowest BCUT2D eigenvalue weighted by atomic mass is 10.2. The van der Waals surface area contributed by atoms with Crippen LogP contribution in [0.1, 0.15) is 10.4 Å². The number of rotatable bonds is 7. The van der Waals surface area contributed by atoms with Crippen molar-refractivity contribution >= 4 is 11.6 Å². The Kier molecular flexibility index (Phi) is 6.24. The van der Waals surface area contributed by atoms with Crippen molar-refractivity contribution in [2.45, 2.75) is 0 Å². The van der Waals surface area contributed by atoms with Gasteiger partial charge >= 0.3 is 0 Å². The number of nitrogen functional groups attached to an aromatic ring is 1. The maximum atomic E-state index is 13.1. The largest absolute Gasteiger partial charge is 0.399 e. The third-order valence-corrected chi connectivity index (χ3v) is 2.64. The Balaban J connectivity index is 2.39. The molecule has 1 amide bonds. The first-order chi connectivity index (χ1) is 9.02. The van der Waals surface area contributed by atoms with Gasteiger partial charge in [-0.05, 0) is 25.2 Å². The molecule has 0 saturated carbocycles. The van der Waals surface area contributed by atoms with E-state index in [4.69, 9.17) is 10.5 Å². The average Bonchev–Trinajstić information content (AvgIpc) is 2.35. The van der Waals surface area contributed by atoms with E-state index in [0.717, 1.165) is 6.54 Å². The van der Waals surface area contributed by atoms with Crippen LogP contribution in [0, 0.1) is 5.82 Å². The predicted octanol–water partition coefficient (Wildman–Crippen LogP) is 0.716.